The molecular formula is C17H18N4O3. The number of amides is 2. The average molecular weight is 326 g/mol. The van der Waals surface area contributed by atoms with Gasteiger partial charge in [0.2, 0.25) is 0 Å². The van der Waals surface area contributed by atoms with Gasteiger partial charge in [-0.05, 0) is 19.9 Å². The van der Waals surface area contributed by atoms with Crippen LogP contribution in [0.4, 0.5) is 0 Å². The van der Waals surface area contributed by atoms with Crippen LogP contribution in [0.2, 0.25) is 0 Å². The fourth-order valence-electron chi connectivity index (χ4n) is 2.09. The molecule has 0 spiro atoms. The van der Waals surface area contributed by atoms with Crippen LogP contribution in [-0.2, 0) is 11.3 Å². The fraction of sp³-hybridized carbons (Fsp3) is 0.176. The summed E-state index contributed by atoms with van der Waals surface area (Å²) >= 11 is 0. The van der Waals surface area contributed by atoms with Crippen LogP contribution in [-0.4, -0.2) is 21.6 Å². The number of carbonyl (C=O) groups is 2. The molecule has 0 bridgehead atoms. The maximum atomic E-state index is 12.3. The highest BCUT2D eigenvalue weighted by Gasteiger charge is 2.16. The van der Waals surface area contributed by atoms with E-state index in [1.54, 1.807) is 49.4 Å². The van der Waals surface area contributed by atoms with E-state index >= 15 is 0 Å². The topological polar surface area (TPSA) is 93.1 Å². The van der Waals surface area contributed by atoms with Crippen molar-refractivity contribution in [2.24, 2.45) is 0 Å². The van der Waals surface area contributed by atoms with Crippen molar-refractivity contribution in [3.8, 4) is 0 Å². The zero-order chi connectivity index (χ0) is 17.5. The van der Waals surface area contributed by atoms with Gasteiger partial charge in [-0.25, -0.2) is 4.68 Å². The van der Waals surface area contributed by atoms with E-state index in [1.165, 1.54) is 10.8 Å². The molecule has 1 aromatic heterocycles. The molecule has 0 fully saturated rings. The Hall–Kier alpha value is -3.22. The van der Waals surface area contributed by atoms with Crippen molar-refractivity contribution < 1.29 is 9.59 Å². The molecule has 0 unspecified atom stereocenters. The molecule has 0 radical (unpaired) electrons. The molecule has 0 aliphatic rings. The van der Waals surface area contributed by atoms with E-state index in [2.05, 4.69) is 16.0 Å². The standard InChI is InChI=1S/C17H18N4O3/c1-3-5-6-11-14(22)18-19-16(23)15-12-9-7-8-10-13(12)17(24)21(4-2)20-15/h3,5-11H,4H2,1-2H3,(H,18,22)(H,19,23)/b5-3+,11-6+. The number of carbonyl (C=O) groups excluding carboxylic acids is 2. The Kier molecular flexibility index (Phi) is 5.62. The lowest BCUT2D eigenvalue weighted by atomic mass is 10.1. The van der Waals surface area contributed by atoms with Crippen LogP contribution >= 0.6 is 0 Å². The molecule has 0 saturated heterocycles. The van der Waals surface area contributed by atoms with Crippen molar-refractivity contribution >= 4 is 22.6 Å². The number of nitrogens with zero attached hydrogens (tertiary/aromatic N) is 2. The molecule has 1 heterocycles. The molecule has 2 N–H and O–H groups in total. The van der Waals surface area contributed by atoms with Crippen molar-refractivity contribution in [1.29, 1.82) is 0 Å². The number of allylic oxidation sites excluding steroid dienone is 3. The molecule has 124 valence electrons. The lowest BCUT2D eigenvalue weighted by Crippen LogP contribution is -2.42. The molecule has 2 aromatic rings. The largest absolute Gasteiger partial charge is 0.290 e. The summed E-state index contributed by atoms with van der Waals surface area (Å²) in [7, 11) is 0. The summed E-state index contributed by atoms with van der Waals surface area (Å²) in [6.45, 7) is 3.92. The monoisotopic (exact) mass is 326 g/mol. The van der Waals surface area contributed by atoms with Gasteiger partial charge in [-0.2, -0.15) is 5.10 Å². The van der Waals surface area contributed by atoms with E-state index in [0.717, 1.165) is 0 Å². The van der Waals surface area contributed by atoms with Crippen molar-refractivity contribution in [2.75, 3.05) is 0 Å². The van der Waals surface area contributed by atoms with Gasteiger partial charge in [0.15, 0.2) is 5.69 Å². The normalized spacial score (nSPS) is 11.2. The van der Waals surface area contributed by atoms with Crippen LogP contribution < -0.4 is 16.4 Å². The summed E-state index contributed by atoms with van der Waals surface area (Å²) in [5.41, 5.74) is 4.38. The Balaban J connectivity index is 2.28. The highest BCUT2D eigenvalue weighted by Crippen LogP contribution is 2.12. The number of aromatic nitrogens is 2. The first kappa shape index (κ1) is 17.1. The minimum Gasteiger partial charge on any atom is -0.268 e. The minimum atomic E-state index is -0.596. The summed E-state index contributed by atoms with van der Waals surface area (Å²) in [4.78, 5) is 36.1. The van der Waals surface area contributed by atoms with Gasteiger partial charge in [0.25, 0.3) is 17.4 Å². The average Bonchev–Trinajstić information content (AvgIpc) is 2.60. The number of fused-ring (bicyclic) bond motifs is 1. The molecule has 7 heteroatoms. The molecule has 2 amide bonds. The van der Waals surface area contributed by atoms with Crippen LogP contribution in [0.3, 0.4) is 0 Å². The third kappa shape index (κ3) is 3.75. The van der Waals surface area contributed by atoms with Crippen LogP contribution in [0.25, 0.3) is 10.8 Å². The first-order valence-electron chi connectivity index (χ1n) is 7.48. The van der Waals surface area contributed by atoms with Crippen molar-refractivity contribution in [1.82, 2.24) is 20.6 Å². The molecule has 7 nitrogen and oxygen atoms in total. The first-order chi connectivity index (χ1) is 11.6. The van der Waals surface area contributed by atoms with Crippen molar-refractivity contribution in [3.63, 3.8) is 0 Å². The number of hydrogen-bond acceptors (Lipinski definition) is 4. The van der Waals surface area contributed by atoms with Gasteiger partial charge < -0.3 is 0 Å². The maximum absolute atomic E-state index is 12.3. The quantitative estimate of drug-likeness (QED) is 0.503. The Morgan fingerprint density at radius 1 is 1.17 bits per heavy atom. The number of benzene rings is 1. The smallest absolute Gasteiger partial charge is 0.268 e. The number of hydrazine groups is 1. The van der Waals surface area contributed by atoms with E-state index in [9.17, 15) is 14.4 Å². The Morgan fingerprint density at radius 2 is 1.88 bits per heavy atom. The minimum absolute atomic E-state index is 0.0739. The maximum Gasteiger partial charge on any atom is 0.290 e. The highest BCUT2D eigenvalue weighted by atomic mass is 16.2. The summed E-state index contributed by atoms with van der Waals surface area (Å²) in [6.07, 6.45) is 6.28. The van der Waals surface area contributed by atoms with Crippen LogP contribution in [0.15, 0.2) is 53.4 Å². The molecule has 0 saturated carbocycles. The third-order valence-electron chi connectivity index (χ3n) is 3.23. The Labute approximate surface area is 138 Å². The Morgan fingerprint density at radius 3 is 2.54 bits per heavy atom. The van der Waals surface area contributed by atoms with Crippen LogP contribution in [0.1, 0.15) is 24.3 Å². The number of rotatable bonds is 4. The van der Waals surface area contributed by atoms with Crippen LogP contribution in [0, 0.1) is 0 Å². The van der Waals surface area contributed by atoms with Gasteiger partial charge in [0, 0.05) is 18.0 Å². The second kappa shape index (κ2) is 7.87. The van der Waals surface area contributed by atoms with E-state index in [4.69, 9.17) is 0 Å². The van der Waals surface area contributed by atoms with E-state index < -0.39 is 11.8 Å². The predicted octanol–water partition coefficient (Wildman–Crippen LogP) is 1.31. The molecule has 2 rings (SSSR count). The summed E-state index contributed by atoms with van der Waals surface area (Å²) in [6, 6.07) is 6.72. The highest BCUT2D eigenvalue weighted by molar-refractivity contribution is 6.05. The molecule has 1 aromatic carbocycles. The molecule has 0 aliphatic carbocycles. The zero-order valence-corrected chi connectivity index (χ0v) is 13.4. The lowest BCUT2D eigenvalue weighted by molar-refractivity contribution is -0.117. The summed E-state index contributed by atoms with van der Waals surface area (Å²) in [5, 5.41) is 4.92. The number of nitrogens with one attached hydrogen (secondary N) is 2. The number of hydrogen-bond donors (Lipinski definition) is 2. The van der Waals surface area contributed by atoms with E-state index in [-0.39, 0.29) is 11.3 Å². The lowest BCUT2D eigenvalue weighted by Gasteiger charge is -2.10. The van der Waals surface area contributed by atoms with E-state index in [1.807, 2.05) is 6.92 Å². The zero-order valence-electron chi connectivity index (χ0n) is 13.4. The van der Waals surface area contributed by atoms with Gasteiger partial charge in [0.1, 0.15) is 0 Å². The predicted molar refractivity (Wildman–Crippen MR) is 91.2 cm³/mol. The Bertz CT molecular complexity index is 881. The van der Waals surface area contributed by atoms with Gasteiger partial charge in [-0.1, -0.05) is 36.4 Å². The summed E-state index contributed by atoms with van der Waals surface area (Å²) in [5.74, 6) is -1.07. The van der Waals surface area contributed by atoms with Crippen molar-refractivity contribution in [2.45, 2.75) is 20.4 Å². The molecule has 0 aliphatic heterocycles. The van der Waals surface area contributed by atoms with Gasteiger partial charge >= 0.3 is 0 Å². The van der Waals surface area contributed by atoms with Crippen molar-refractivity contribution in [3.05, 3.63) is 64.6 Å². The second-order valence-corrected chi connectivity index (χ2v) is 4.84. The van der Waals surface area contributed by atoms with Gasteiger partial charge in [0.05, 0.1) is 5.39 Å². The molecule has 0 atom stereocenters. The first-order valence-corrected chi connectivity index (χ1v) is 7.48. The SMILES string of the molecule is C/C=C/C=C/C(=O)NNC(=O)c1nn(CC)c(=O)c2ccccc12. The molecule has 24 heavy (non-hydrogen) atoms. The second-order valence-electron chi connectivity index (χ2n) is 4.84. The summed E-state index contributed by atoms with van der Waals surface area (Å²) < 4.78 is 1.21. The molecular weight excluding hydrogens is 308 g/mol. The van der Waals surface area contributed by atoms with E-state index in [0.29, 0.717) is 17.3 Å². The van der Waals surface area contributed by atoms with Gasteiger partial charge in [-0.15, -0.1) is 0 Å². The number of aryl methyl sites for hydroxylation is 1. The van der Waals surface area contributed by atoms with Gasteiger partial charge in [-0.3, -0.25) is 25.2 Å². The third-order valence-corrected chi connectivity index (χ3v) is 3.23. The van der Waals surface area contributed by atoms with Crippen LogP contribution in [0.5, 0.6) is 0 Å². The fourth-order valence-corrected chi connectivity index (χ4v) is 2.09.